The van der Waals surface area contributed by atoms with E-state index in [1.807, 2.05) is 0 Å². The van der Waals surface area contributed by atoms with Crippen molar-refractivity contribution >= 4 is 65.7 Å². The van der Waals surface area contributed by atoms with Gasteiger partial charge in [-0.3, -0.25) is 0 Å². The number of benzene rings is 6. The average molecular weight is 779 g/mol. The molecule has 0 N–H and O–H groups in total. The molecule has 0 fully saturated rings. The monoisotopic (exact) mass is 778 g/mol. The van der Waals surface area contributed by atoms with Crippen molar-refractivity contribution in [3.63, 3.8) is 0 Å². The normalized spacial score (nSPS) is 11.7. The molecule has 0 aliphatic rings. The molecular weight excluding hydrogens is 738 g/mol. The molecule has 0 amide bonds. The van der Waals surface area contributed by atoms with Crippen molar-refractivity contribution in [1.82, 2.24) is 0 Å². The van der Waals surface area contributed by atoms with Crippen LogP contribution in [0.1, 0.15) is 20.8 Å². The fourth-order valence-corrected chi connectivity index (χ4v) is 18.5. The van der Waals surface area contributed by atoms with Gasteiger partial charge in [0.05, 0.1) is 0 Å². The van der Waals surface area contributed by atoms with Gasteiger partial charge in [-0.25, -0.2) is 0 Å². The Hall–Kier alpha value is -2.88. The molecule has 6 rings (SSSR count). The zero-order valence-electron chi connectivity index (χ0n) is 26.9. The van der Waals surface area contributed by atoms with E-state index in [0.29, 0.717) is 0 Å². The molecule has 0 bridgehead atoms. The molecule has 0 aliphatic heterocycles. The second kappa shape index (κ2) is 16.5. The summed E-state index contributed by atoms with van der Waals surface area (Å²) >= 11 is -0.346. The number of allylic oxidation sites excluding steroid dienone is 1. The number of halogens is 2. The summed E-state index contributed by atoms with van der Waals surface area (Å²) in [5.41, 5.74) is -0.0947. The second-order valence-electron chi connectivity index (χ2n) is 12.3. The van der Waals surface area contributed by atoms with Crippen LogP contribution < -0.4 is 31.8 Å². The summed E-state index contributed by atoms with van der Waals surface area (Å²) in [5.74, 6) is 0. The van der Waals surface area contributed by atoms with Crippen molar-refractivity contribution in [2.75, 3.05) is 0 Å². The number of hydrogen-bond acceptors (Lipinski definition) is 0. The molecular formula is C42H40Cl2P2Ru+2. The molecule has 0 saturated heterocycles. The van der Waals surface area contributed by atoms with Crippen LogP contribution >= 0.6 is 33.9 Å². The van der Waals surface area contributed by atoms with Crippen LogP contribution in [0.15, 0.2) is 193 Å². The van der Waals surface area contributed by atoms with Gasteiger partial charge in [0.15, 0.2) is 14.5 Å². The van der Waals surface area contributed by atoms with Crippen molar-refractivity contribution in [3.05, 3.63) is 193 Å². The first-order chi connectivity index (χ1) is 22.9. The summed E-state index contributed by atoms with van der Waals surface area (Å²) in [6, 6.07) is 68.0. The van der Waals surface area contributed by atoms with Gasteiger partial charge in [0.25, 0.3) is 0 Å². The van der Waals surface area contributed by atoms with Crippen LogP contribution in [0, 0.1) is 5.41 Å². The molecule has 0 nitrogen and oxygen atoms in total. The van der Waals surface area contributed by atoms with Crippen LogP contribution in [0.4, 0.5) is 0 Å². The second-order valence-corrected chi connectivity index (χ2v) is 22.0. The Kier molecular flexibility index (Phi) is 12.4. The van der Waals surface area contributed by atoms with Gasteiger partial charge in [-0.15, -0.1) is 0 Å². The summed E-state index contributed by atoms with van der Waals surface area (Å²) in [5, 5.41) is 9.78. The maximum absolute atomic E-state index is 4.85. The average Bonchev–Trinajstić information content (AvgIpc) is 3.12. The van der Waals surface area contributed by atoms with E-state index in [1.165, 1.54) is 36.9 Å². The van der Waals surface area contributed by atoms with Crippen LogP contribution in [0.5, 0.6) is 0 Å². The van der Waals surface area contributed by atoms with Gasteiger partial charge in [0.2, 0.25) is 5.06 Å². The van der Waals surface area contributed by atoms with E-state index in [-0.39, 0.29) is 20.6 Å². The van der Waals surface area contributed by atoms with Crippen LogP contribution in [0.2, 0.25) is 0 Å². The summed E-state index contributed by atoms with van der Waals surface area (Å²) in [6.45, 7) is 7.08. The van der Waals surface area contributed by atoms with Crippen LogP contribution in [-0.2, 0) is 15.1 Å². The Labute approximate surface area is 298 Å². The van der Waals surface area contributed by atoms with Crippen molar-refractivity contribution in [3.8, 4) is 0 Å². The maximum atomic E-state index is 4.85. The molecule has 6 aromatic carbocycles. The van der Waals surface area contributed by atoms with Crippen molar-refractivity contribution in [2.45, 2.75) is 20.8 Å². The van der Waals surface area contributed by atoms with Crippen molar-refractivity contribution < 1.29 is 15.1 Å². The molecule has 0 heterocycles. The molecule has 0 radical (unpaired) electrons. The van der Waals surface area contributed by atoms with E-state index in [0.717, 1.165) is 0 Å². The first-order valence-corrected chi connectivity index (χ1v) is 23.7. The Morgan fingerprint density at radius 1 is 0.404 bits per heavy atom. The van der Waals surface area contributed by atoms with Crippen molar-refractivity contribution in [1.29, 1.82) is 0 Å². The summed E-state index contributed by atoms with van der Waals surface area (Å²) in [6.07, 6.45) is 2.66. The van der Waals surface area contributed by atoms with Gasteiger partial charge in [-0.05, 0) is 78.2 Å². The molecule has 0 unspecified atom stereocenters. The summed E-state index contributed by atoms with van der Waals surface area (Å²) < 4.78 is 0. The Bertz CT molecular complexity index is 1510. The molecule has 238 valence electrons. The van der Waals surface area contributed by atoms with Gasteiger partial charge < -0.3 is 0 Å². The van der Waals surface area contributed by atoms with Gasteiger partial charge in [0, 0.05) is 6.08 Å². The molecule has 0 spiro atoms. The SMILES string of the molecule is CC(C)(C)C=C([P+](c1ccccc1)(c1ccccc1)c1ccccc1)[P+](c1ccccc1)(c1ccccc1)c1ccccc1.[Cl][Ru][Cl]. The zero-order chi connectivity index (χ0) is 33.2. The third-order valence-electron chi connectivity index (χ3n) is 8.11. The van der Waals surface area contributed by atoms with Crippen molar-refractivity contribution in [2.24, 2.45) is 5.41 Å². The van der Waals surface area contributed by atoms with Crippen LogP contribution in [-0.4, -0.2) is 0 Å². The van der Waals surface area contributed by atoms with E-state index in [1.54, 1.807) is 0 Å². The molecule has 0 aliphatic carbocycles. The number of rotatable bonds is 8. The minimum absolute atomic E-state index is 0.0947. The van der Waals surface area contributed by atoms with Crippen LogP contribution in [0.3, 0.4) is 0 Å². The molecule has 5 heteroatoms. The molecule has 47 heavy (non-hydrogen) atoms. The predicted molar refractivity (Wildman–Crippen MR) is 210 cm³/mol. The Balaban J connectivity index is 0.00000139. The zero-order valence-corrected chi connectivity index (χ0v) is 31.9. The topological polar surface area (TPSA) is 0 Å². The van der Waals surface area contributed by atoms with E-state index in [2.05, 4.69) is 209 Å². The third kappa shape index (κ3) is 7.57. The van der Waals surface area contributed by atoms with Crippen LogP contribution in [0.25, 0.3) is 0 Å². The Morgan fingerprint density at radius 3 is 0.723 bits per heavy atom. The Morgan fingerprint density at radius 2 is 0.574 bits per heavy atom. The van der Waals surface area contributed by atoms with E-state index < -0.39 is 14.5 Å². The van der Waals surface area contributed by atoms with E-state index in [9.17, 15) is 0 Å². The fourth-order valence-electron chi connectivity index (χ4n) is 6.40. The van der Waals surface area contributed by atoms with E-state index >= 15 is 0 Å². The van der Waals surface area contributed by atoms with Gasteiger partial charge in [0.1, 0.15) is 31.8 Å². The van der Waals surface area contributed by atoms with Gasteiger partial charge >= 0.3 is 34.5 Å². The first kappa shape index (κ1) is 35.4. The standard InChI is InChI=1S/C42H40P2.2ClH.Ru/c1-42(2,3)34-41(43(35-22-10-4-11-23-35,36-24-12-5-13-25-36)37-26-14-6-15-27-37)44(38-28-16-7-17-29-38,39-30-18-8-19-31-39)40-32-20-9-21-33-40;;;/h4-34H,1-3H3;2*1H;/q+2;;;+2/p-2. The van der Waals surface area contributed by atoms with Gasteiger partial charge in [-0.1, -0.05) is 130 Å². The fraction of sp³-hybridized carbons (Fsp3) is 0.0952. The summed E-state index contributed by atoms with van der Waals surface area (Å²) in [7, 11) is 4.77. The quantitative estimate of drug-likeness (QED) is 0.107. The minimum atomic E-state index is -2.47. The predicted octanol–water partition coefficient (Wildman–Crippen LogP) is 10.2. The summed E-state index contributed by atoms with van der Waals surface area (Å²) in [4.78, 5) is 0. The molecule has 0 saturated carbocycles. The molecule has 0 atom stereocenters. The van der Waals surface area contributed by atoms with Gasteiger partial charge in [-0.2, -0.15) is 0 Å². The third-order valence-corrected chi connectivity index (χ3v) is 18.0. The number of hydrogen-bond donors (Lipinski definition) is 0. The first-order valence-electron chi connectivity index (χ1n) is 15.6. The molecule has 6 aromatic rings. The van der Waals surface area contributed by atoms with E-state index in [4.69, 9.17) is 19.4 Å². The molecule has 0 aromatic heterocycles.